The quantitative estimate of drug-likeness (QED) is 0.428. The molecule has 0 spiro atoms. The number of halogens is 2. The van der Waals surface area contributed by atoms with Crippen LogP contribution in [0, 0.1) is 0 Å². The van der Waals surface area contributed by atoms with Crippen LogP contribution in [0.15, 0.2) is 23.0 Å². The average Bonchev–Trinajstić information content (AvgIpc) is 3.14. The van der Waals surface area contributed by atoms with E-state index in [1.54, 1.807) is 30.1 Å². The number of nitrogens with one attached hydrogen (secondary N) is 2. The largest absolute Gasteiger partial charge is 0.469 e. The minimum absolute atomic E-state index is 0.0469. The molecule has 2 N–H and O–H groups in total. The third-order valence-electron chi connectivity index (χ3n) is 4.69. The number of hydrogen-bond donors (Lipinski definition) is 2. The molecule has 0 unspecified atom stereocenters. The number of carbonyl (C=O) groups excluding carboxylic acids is 3. The van der Waals surface area contributed by atoms with E-state index in [1.807, 2.05) is 0 Å². The summed E-state index contributed by atoms with van der Waals surface area (Å²) in [6.07, 6.45) is -0.282. The van der Waals surface area contributed by atoms with E-state index in [-0.39, 0.29) is 51.9 Å². The van der Waals surface area contributed by atoms with Gasteiger partial charge in [-0.25, -0.2) is 9.78 Å². The number of benzene rings is 1. The highest BCUT2D eigenvalue weighted by Crippen LogP contribution is 2.30. The van der Waals surface area contributed by atoms with Crippen molar-refractivity contribution in [3.8, 4) is 0 Å². The highest BCUT2D eigenvalue weighted by Gasteiger charge is 2.25. The van der Waals surface area contributed by atoms with Gasteiger partial charge in [0.2, 0.25) is 5.91 Å². The summed E-state index contributed by atoms with van der Waals surface area (Å²) in [4.78, 5) is 58.3. The van der Waals surface area contributed by atoms with Crippen molar-refractivity contribution >= 4 is 68.3 Å². The van der Waals surface area contributed by atoms with Gasteiger partial charge in [-0.3, -0.25) is 19.3 Å². The van der Waals surface area contributed by atoms with E-state index in [2.05, 4.69) is 20.0 Å². The maximum atomic E-state index is 12.8. The summed E-state index contributed by atoms with van der Waals surface area (Å²) < 4.78 is 9.44. The minimum atomic E-state index is -0.685. The summed E-state index contributed by atoms with van der Waals surface area (Å²) in [5.74, 6) is -1.40. The summed E-state index contributed by atoms with van der Waals surface area (Å²) in [6.45, 7) is 0.0708. The molecule has 180 valence electrons. The number of esters is 2. The van der Waals surface area contributed by atoms with Gasteiger partial charge < -0.3 is 19.8 Å². The maximum Gasteiger partial charge on any atom is 0.348 e. The van der Waals surface area contributed by atoms with Gasteiger partial charge in [0.1, 0.15) is 15.5 Å². The molecular weight excluding hydrogens is 507 g/mol. The van der Waals surface area contributed by atoms with E-state index >= 15 is 0 Å². The van der Waals surface area contributed by atoms with Crippen LogP contribution in [0.1, 0.15) is 21.1 Å². The van der Waals surface area contributed by atoms with Crippen LogP contribution in [0.2, 0.25) is 10.0 Å². The van der Waals surface area contributed by atoms with Crippen molar-refractivity contribution in [3.63, 3.8) is 0 Å². The van der Waals surface area contributed by atoms with Crippen LogP contribution in [0.4, 0.5) is 5.69 Å². The number of thiophene rings is 1. The Kier molecular flexibility index (Phi) is 8.26. The predicted molar refractivity (Wildman–Crippen MR) is 129 cm³/mol. The topological polar surface area (TPSA) is 131 Å². The van der Waals surface area contributed by atoms with Crippen molar-refractivity contribution in [2.45, 2.75) is 13.0 Å². The number of nitrogens with zero attached hydrogens (tertiary/aromatic N) is 2. The Morgan fingerprint density at radius 3 is 2.47 bits per heavy atom. The van der Waals surface area contributed by atoms with E-state index in [4.69, 9.17) is 27.9 Å². The molecule has 0 bridgehead atoms. The number of carbonyl (C=O) groups is 3. The van der Waals surface area contributed by atoms with E-state index in [0.717, 1.165) is 11.3 Å². The third-order valence-corrected chi connectivity index (χ3v) is 6.43. The van der Waals surface area contributed by atoms with Gasteiger partial charge >= 0.3 is 11.9 Å². The highest BCUT2D eigenvalue weighted by atomic mass is 35.5. The number of fused-ring (bicyclic) bond motifs is 1. The maximum absolute atomic E-state index is 12.8. The smallest absolute Gasteiger partial charge is 0.348 e. The molecule has 0 radical (unpaired) electrons. The summed E-state index contributed by atoms with van der Waals surface area (Å²) in [7, 11) is 4.07. The van der Waals surface area contributed by atoms with Crippen LogP contribution in [-0.2, 0) is 32.0 Å². The first-order valence-corrected chi connectivity index (χ1v) is 11.3. The number of anilines is 1. The van der Waals surface area contributed by atoms with Crippen molar-refractivity contribution in [3.05, 3.63) is 54.9 Å². The van der Waals surface area contributed by atoms with E-state index in [1.165, 1.54) is 14.2 Å². The first-order chi connectivity index (χ1) is 16.1. The fraction of sp³-hybridized carbons (Fsp3) is 0.286. The molecule has 34 heavy (non-hydrogen) atoms. The van der Waals surface area contributed by atoms with Crippen LogP contribution >= 0.6 is 34.5 Å². The van der Waals surface area contributed by atoms with Gasteiger partial charge in [-0.05, 0) is 19.2 Å². The zero-order valence-electron chi connectivity index (χ0n) is 18.4. The van der Waals surface area contributed by atoms with Gasteiger partial charge in [0, 0.05) is 5.56 Å². The summed E-state index contributed by atoms with van der Waals surface area (Å²) >= 11 is 13.1. The van der Waals surface area contributed by atoms with E-state index in [0.29, 0.717) is 15.7 Å². The molecule has 0 aliphatic rings. The number of H-pyrrole nitrogens is 1. The van der Waals surface area contributed by atoms with Crippen LogP contribution in [0.25, 0.3) is 10.2 Å². The number of rotatable bonds is 8. The lowest BCUT2D eigenvalue weighted by Gasteiger charge is -2.16. The molecule has 3 rings (SSSR count). The summed E-state index contributed by atoms with van der Waals surface area (Å²) in [6, 6.07) is 4.88. The molecular formula is C21H20Cl2N4O6S. The van der Waals surface area contributed by atoms with Gasteiger partial charge in [-0.2, -0.15) is 0 Å². The Hall–Kier alpha value is -2.99. The van der Waals surface area contributed by atoms with Crippen LogP contribution in [-0.4, -0.2) is 60.5 Å². The number of aromatic nitrogens is 2. The number of likely N-dealkylation sites (N-methyl/N-ethyl adjacent to an activating group) is 1. The zero-order valence-corrected chi connectivity index (χ0v) is 20.7. The molecule has 10 nitrogen and oxygen atoms in total. The second-order valence-electron chi connectivity index (χ2n) is 7.16. The van der Waals surface area contributed by atoms with Gasteiger partial charge in [-0.15, -0.1) is 11.3 Å². The molecule has 0 aliphatic carbocycles. The van der Waals surface area contributed by atoms with Gasteiger partial charge in [0.05, 0.1) is 54.8 Å². The first-order valence-electron chi connectivity index (χ1n) is 9.76. The van der Waals surface area contributed by atoms with Crippen molar-refractivity contribution < 1.29 is 23.9 Å². The predicted octanol–water partition coefficient (Wildman–Crippen LogP) is 2.86. The Morgan fingerprint density at radius 1 is 1.18 bits per heavy atom. The number of methoxy groups -OCH3 is 2. The number of ether oxygens (including phenoxy) is 2. The second kappa shape index (κ2) is 11.0. The monoisotopic (exact) mass is 526 g/mol. The molecule has 0 saturated carbocycles. The lowest BCUT2D eigenvalue weighted by atomic mass is 10.1. The standard InChI is InChI=1S/C21H20Cl2N4O6S/c1-27(9-14(28)26-17-11(22)5-4-6-12(17)23)8-13-24-19(30)16-10(7-15(29)32-2)18(21(31)33-3)34-20(16)25-13/h4-6H,7-9H2,1-3H3,(H,26,28)(H,24,25,30). The summed E-state index contributed by atoms with van der Waals surface area (Å²) in [5, 5.41) is 3.39. The lowest BCUT2D eigenvalue weighted by Crippen LogP contribution is -2.31. The third kappa shape index (κ3) is 5.73. The van der Waals surface area contributed by atoms with Gasteiger partial charge in [0.15, 0.2) is 0 Å². The Morgan fingerprint density at radius 2 is 1.85 bits per heavy atom. The fourth-order valence-corrected chi connectivity index (χ4v) is 4.80. The molecule has 3 aromatic rings. The summed E-state index contributed by atoms with van der Waals surface area (Å²) in [5.41, 5.74) is -0.0152. The van der Waals surface area contributed by atoms with Crippen molar-refractivity contribution in [2.75, 3.05) is 33.1 Å². The number of hydrogen-bond acceptors (Lipinski definition) is 9. The van der Waals surface area contributed by atoms with Gasteiger partial charge in [-0.1, -0.05) is 29.3 Å². The van der Waals surface area contributed by atoms with E-state index < -0.39 is 17.5 Å². The van der Waals surface area contributed by atoms with Crippen LogP contribution in [0.5, 0.6) is 0 Å². The zero-order chi connectivity index (χ0) is 25.0. The van der Waals surface area contributed by atoms with E-state index in [9.17, 15) is 19.2 Å². The molecule has 0 aliphatic heterocycles. The molecule has 1 amide bonds. The van der Waals surface area contributed by atoms with Crippen molar-refractivity contribution in [1.29, 1.82) is 0 Å². The number of aromatic amines is 1. The highest BCUT2D eigenvalue weighted by molar-refractivity contribution is 7.20. The number of amides is 1. The normalized spacial score (nSPS) is 11.0. The molecule has 0 fully saturated rings. The Labute approximate surface area is 207 Å². The molecule has 0 saturated heterocycles. The molecule has 0 atom stereocenters. The van der Waals surface area contributed by atoms with Crippen molar-refractivity contribution in [2.24, 2.45) is 0 Å². The minimum Gasteiger partial charge on any atom is -0.469 e. The molecule has 2 aromatic heterocycles. The lowest BCUT2D eigenvalue weighted by molar-refractivity contribution is -0.139. The first kappa shape index (κ1) is 25.6. The SMILES string of the molecule is COC(=O)Cc1c(C(=O)OC)sc2nc(CN(C)CC(=O)Nc3c(Cl)cccc3Cl)[nH]c(=O)c12. The molecule has 2 heterocycles. The van der Waals surface area contributed by atoms with Crippen LogP contribution < -0.4 is 10.9 Å². The Bertz CT molecular complexity index is 1300. The Balaban J connectivity index is 1.82. The average molecular weight is 527 g/mol. The number of para-hydroxylation sites is 1. The second-order valence-corrected chi connectivity index (χ2v) is 8.98. The molecule has 13 heteroatoms. The van der Waals surface area contributed by atoms with Gasteiger partial charge in [0.25, 0.3) is 5.56 Å². The van der Waals surface area contributed by atoms with Crippen molar-refractivity contribution in [1.82, 2.24) is 14.9 Å². The fourth-order valence-electron chi connectivity index (χ4n) is 3.18. The molecule has 1 aromatic carbocycles. The van der Waals surface area contributed by atoms with Crippen LogP contribution in [0.3, 0.4) is 0 Å².